The summed E-state index contributed by atoms with van der Waals surface area (Å²) < 4.78 is 18.4. The number of unbranched alkanes of at least 4 members (excludes halogenated alkanes) is 26. The summed E-state index contributed by atoms with van der Waals surface area (Å²) in [6.07, 6.45) is 35.8. The van der Waals surface area contributed by atoms with Crippen LogP contribution in [0.4, 0.5) is 4.79 Å². The Bertz CT molecular complexity index is 961. The topological polar surface area (TPSA) is 85.2 Å². The van der Waals surface area contributed by atoms with Crippen molar-refractivity contribution in [2.75, 3.05) is 13.2 Å². The molecule has 2 N–H and O–H groups in total. The molecule has 0 fully saturated rings. The minimum absolute atomic E-state index is 0.0771. The summed E-state index contributed by atoms with van der Waals surface area (Å²) >= 11 is 0. The van der Waals surface area contributed by atoms with E-state index >= 15 is 0 Å². The van der Waals surface area contributed by atoms with Crippen molar-refractivity contribution < 1.29 is 29.2 Å². The number of ether oxygens (including phenoxy) is 3. The molecule has 51 heavy (non-hydrogen) atoms. The first-order valence-electron chi connectivity index (χ1n) is 22.1. The Balaban J connectivity index is 3.27. The average molecular weight is 719 g/mol. The molecule has 0 saturated carbocycles. The maximum atomic E-state index is 12.0. The zero-order valence-corrected chi connectivity index (χ0v) is 34.1. The fourth-order valence-corrected chi connectivity index (χ4v) is 7.10. The van der Waals surface area contributed by atoms with Crippen molar-refractivity contribution >= 4 is 6.16 Å². The molecule has 298 valence electrons. The molecular weight excluding hydrogens is 636 g/mol. The van der Waals surface area contributed by atoms with Gasteiger partial charge in [-0.3, -0.25) is 0 Å². The van der Waals surface area contributed by atoms with E-state index in [1.54, 1.807) is 0 Å². The van der Waals surface area contributed by atoms with Crippen LogP contribution in [-0.2, 0) is 12.8 Å². The van der Waals surface area contributed by atoms with Gasteiger partial charge in [0, 0.05) is 11.1 Å². The Hall–Kier alpha value is -2.11. The number of hydrogen-bond donors (Lipinski definition) is 2. The van der Waals surface area contributed by atoms with Crippen LogP contribution in [0.3, 0.4) is 0 Å². The SMILES string of the molecule is CCCCCCCCCCOc1c(CCCCCCCCC)c(CCCCCCCCC)c(O)c(OC(=O)O)c1OCCCCCCCCCC. The molecule has 6 nitrogen and oxygen atoms in total. The number of aromatic hydroxyl groups is 1. The van der Waals surface area contributed by atoms with Crippen molar-refractivity contribution in [2.24, 2.45) is 0 Å². The summed E-state index contributed by atoms with van der Waals surface area (Å²) in [5.41, 5.74) is 1.78. The number of carboxylic acid groups (broad SMARTS) is 1. The summed E-state index contributed by atoms with van der Waals surface area (Å²) in [7, 11) is 0. The second-order valence-electron chi connectivity index (χ2n) is 15.1. The predicted octanol–water partition coefficient (Wildman–Crippen LogP) is 15.1. The lowest BCUT2D eigenvalue weighted by Gasteiger charge is -2.23. The van der Waals surface area contributed by atoms with Crippen molar-refractivity contribution in [3.8, 4) is 23.0 Å². The molecule has 1 aromatic carbocycles. The molecule has 0 saturated heterocycles. The molecule has 0 radical (unpaired) electrons. The number of phenolic OH excluding ortho intramolecular Hbond substituents is 1. The van der Waals surface area contributed by atoms with E-state index in [0.29, 0.717) is 25.4 Å². The molecule has 0 aromatic heterocycles. The van der Waals surface area contributed by atoms with Crippen LogP contribution in [0.5, 0.6) is 23.0 Å². The molecule has 1 rings (SSSR count). The summed E-state index contributed by atoms with van der Waals surface area (Å²) in [5, 5.41) is 21.5. The van der Waals surface area contributed by atoms with Gasteiger partial charge in [-0.1, -0.05) is 195 Å². The Morgan fingerprint density at radius 3 is 1.10 bits per heavy atom. The molecule has 0 amide bonds. The molecule has 0 aliphatic carbocycles. The molecule has 0 unspecified atom stereocenters. The van der Waals surface area contributed by atoms with Crippen molar-refractivity contribution in [3.05, 3.63) is 11.1 Å². The largest absolute Gasteiger partial charge is 0.511 e. The van der Waals surface area contributed by atoms with Gasteiger partial charge in [0.05, 0.1) is 13.2 Å². The molecule has 0 heterocycles. The highest BCUT2D eigenvalue weighted by Gasteiger charge is 2.29. The van der Waals surface area contributed by atoms with Gasteiger partial charge in [-0.2, -0.15) is 0 Å². The average Bonchev–Trinajstić information content (AvgIpc) is 3.12. The van der Waals surface area contributed by atoms with Crippen molar-refractivity contribution in [2.45, 2.75) is 233 Å². The van der Waals surface area contributed by atoms with Crippen LogP contribution in [-0.4, -0.2) is 29.6 Å². The Labute approximate surface area is 315 Å². The second-order valence-corrected chi connectivity index (χ2v) is 15.1. The zero-order valence-electron chi connectivity index (χ0n) is 34.1. The monoisotopic (exact) mass is 719 g/mol. The van der Waals surface area contributed by atoms with Crippen molar-refractivity contribution in [1.29, 1.82) is 0 Å². The molecule has 0 atom stereocenters. The van der Waals surface area contributed by atoms with E-state index in [4.69, 9.17) is 14.2 Å². The second kappa shape index (κ2) is 33.7. The lowest BCUT2D eigenvalue weighted by Crippen LogP contribution is -2.12. The maximum absolute atomic E-state index is 12.0. The van der Waals surface area contributed by atoms with Gasteiger partial charge in [0.15, 0.2) is 11.5 Å². The zero-order chi connectivity index (χ0) is 37.2. The number of benzene rings is 1. The molecular formula is C45H82O6. The number of phenols is 1. The molecule has 0 spiro atoms. The van der Waals surface area contributed by atoms with Crippen LogP contribution in [0.1, 0.15) is 231 Å². The van der Waals surface area contributed by atoms with E-state index in [1.807, 2.05) is 0 Å². The number of carbonyl (C=O) groups is 1. The fraction of sp³-hybridized carbons (Fsp3) is 0.844. The van der Waals surface area contributed by atoms with Gasteiger partial charge < -0.3 is 24.4 Å². The quantitative estimate of drug-likeness (QED) is 0.0405. The Morgan fingerprint density at radius 2 is 0.725 bits per heavy atom. The van der Waals surface area contributed by atoms with Gasteiger partial charge >= 0.3 is 6.16 Å². The molecule has 0 bridgehead atoms. The van der Waals surface area contributed by atoms with Gasteiger partial charge in [0.2, 0.25) is 11.5 Å². The first-order valence-corrected chi connectivity index (χ1v) is 22.1. The minimum atomic E-state index is -1.45. The number of rotatable bonds is 37. The van der Waals surface area contributed by atoms with Crippen LogP contribution in [0.15, 0.2) is 0 Å². The molecule has 0 aliphatic rings. The standard InChI is InChI=1S/C45H82O6/c1-5-9-13-17-21-25-29-33-37-49-42-40(36-32-28-24-20-16-12-8-4)39(35-31-27-23-19-15-11-7-3)41(46)43(51-45(47)48)44(42)50-38-34-30-26-22-18-14-10-6-2/h46H,5-38H2,1-4H3,(H,47,48). The van der Waals surface area contributed by atoms with Crippen LogP contribution in [0, 0.1) is 0 Å². The van der Waals surface area contributed by atoms with E-state index in [-0.39, 0.29) is 17.2 Å². The van der Waals surface area contributed by atoms with Crippen LogP contribution < -0.4 is 14.2 Å². The first-order chi connectivity index (χ1) is 25.0. The van der Waals surface area contributed by atoms with E-state index < -0.39 is 6.16 Å². The third kappa shape index (κ3) is 23.2. The summed E-state index contributed by atoms with van der Waals surface area (Å²) in [6.45, 7) is 9.97. The fourth-order valence-electron chi connectivity index (χ4n) is 7.10. The van der Waals surface area contributed by atoms with Gasteiger partial charge in [0.1, 0.15) is 0 Å². The normalized spacial score (nSPS) is 11.3. The summed E-state index contributed by atoms with van der Waals surface area (Å²) in [4.78, 5) is 12.0. The third-order valence-electron chi connectivity index (χ3n) is 10.3. The summed E-state index contributed by atoms with van der Waals surface area (Å²) in [5.74, 6) is 0.718. The van der Waals surface area contributed by atoms with Crippen molar-refractivity contribution in [1.82, 2.24) is 0 Å². The smallest absolute Gasteiger partial charge is 0.504 e. The Kier molecular flexibility index (Phi) is 31.0. The predicted molar refractivity (Wildman–Crippen MR) is 216 cm³/mol. The van der Waals surface area contributed by atoms with Crippen LogP contribution in [0.2, 0.25) is 0 Å². The van der Waals surface area contributed by atoms with Crippen LogP contribution >= 0.6 is 0 Å². The lowest BCUT2D eigenvalue weighted by atomic mass is 9.93. The molecule has 6 heteroatoms. The first kappa shape index (κ1) is 46.9. The van der Waals surface area contributed by atoms with E-state index in [2.05, 4.69) is 27.7 Å². The molecule has 1 aromatic rings. The van der Waals surface area contributed by atoms with E-state index in [9.17, 15) is 15.0 Å². The minimum Gasteiger partial charge on any atom is -0.504 e. The highest BCUT2D eigenvalue weighted by molar-refractivity contribution is 5.72. The van der Waals surface area contributed by atoms with Gasteiger partial charge in [-0.05, 0) is 38.5 Å². The highest BCUT2D eigenvalue weighted by atomic mass is 16.7. The van der Waals surface area contributed by atoms with E-state index in [0.717, 1.165) is 68.9 Å². The Morgan fingerprint density at radius 1 is 0.412 bits per heavy atom. The van der Waals surface area contributed by atoms with Gasteiger partial charge in [-0.15, -0.1) is 0 Å². The van der Waals surface area contributed by atoms with E-state index in [1.165, 1.54) is 141 Å². The summed E-state index contributed by atoms with van der Waals surface area (Å²) in [6, 6.07) is 0. The third-order valence-corrected chi connectivity index (χ3v) is 10.3. The highest BCUT2D eigenvalue weighted by Crippen LogP contribution is 2.51. The lowest BCUT2D eigenvalue weighted by molar-refractivity contribution is 0.139. The molecule has 0 aliphatic heterocycles. The van der Waals surface area contributed by atoms with Crippen LogP contribution in [0.25, 0.3) is 0 Å². The van der Waals surface area contributed by atoms with Gasteiger partial charge in [-0.25, -0.2) is 4.79 Å². The number of hydrogen-bond acceptors (Lipinski definition) is 5. The van der Waals surface area contributed by atoms with Gasteiger partial charge in [0.25, 0.3) is 0 Å². The van der Waals surface area contributed by atoms with Crippen molar-refractivity contribution in [3.63, 3.8) is 0 Å². The maximum Gasteiger partial charge on any atom is 0.511 e.